The molecule has 1 aromatic rings. The molecular weight excluding hydrogens is 392 g/mol. The normalized spacial score (nSPS) is 13.5. The second kappa shape index (κ2) is 11.8. The summed E-state index contributed by atoms with van der Waals surface area (Å²) in [5, 5.41) is 14.5. The topological polar surface area (TPSA) is 96.9 Å². The number of ether oxygens (including phenoxy) is 2. The van der Waals surface area contributed by atoms with Crippen molar-refractivity contribution in [3.8, 4) is 5.75 Å². The highest BCUT2D eigenvalue weighted by Gasteiger charge is 2.26. The minimum Gasteiger partial charge on any atom is -0.497 e. The Morgan fingerprint density at radius 2 is 1.79 bits per heavy atom. The fourth-order valence-electron chi connectivity index (χ4n) is 2.71. The van der Waals surface area contributed by atoms with Gasteiger partial charge in [-0.15, -0.1) is 11.8 Å². The maximum Gasteiger partial charge on any atom is 0.407 e. The Morgan fingerprint density at radius 1 is 1.17 bits per heavy atom. The quantitative estimate of drug-likeness (QED) is 0.509. The number of thioether (sulfide) groups is 1. The van der Waals surface area contributed by atoms with E-state index in [-0.39, 0.29) is 11.3 Å². The van der Waals surface area contributed by atoms with Crippen LogP contribution in [0.2, 0.25) is 0 Å². The molecule has 8 heteroatoms. The van der Waals surface area contributed by atoms with Crippen molar-refractivity contribution in [3.05, 3.63) is 29.8 Å². The zero-order chi connectivity index (χ0) is 22.0. The molecule has 0 radical (unpaired) electrons. The van der Waals surface area contributed by atoms with E-state index in [2.05, 4.69) is 10.6 Å². The molecular formula is C21H34N2O5S. The standard InChI is InChI=1S/C21H34N2O5S/c1-14(2)11-17(23-19(24)25)18(12-22-20(26)28-21(3,4)5)29-13-15-7-9-16(27-6)10-8-15/h7-10,14,17-18,23H,11-13H2,1-6H3,(H,22,26)(H,24,25)/t17-,18-/m1/s1. The molecule has 0 unspecified atom stereocenters. The highest BCUT2D eigenvalue weighted by atomic mass is 32.2. The van der Waals surface area contributed by atoms with E-state index in [1.54, 1.807) is 39.6 Å². The van der Waals surface area contributed by atoms with Gasteiger partial charge < -0.3 is 25.2 Å². The summed E-state index contributed by atoms with van der Waals surface area (Å²) in [5.41, 5.74) is 0.503. The zero-order valence-electron chi connectivity index (χ0n) is 18.2. The summed E-state index contributed by atoms with van der Waals surface area (Å²) < 4.78 is 10.5. The Balaban J connectivity index is 2.85. The second-order valence-corrected chi connectivity index (χ2v) is 9.49. The van der Waals surface area contributed by atoms with Gasteiger partial charge in [0.25, 0.3) is 0 Å². The van der Waals surface area contributed by atoms with Gasteiger partial charge in [-0.25, -0.2) is 9.59 Å². The fourth-order valence-corrected chi connectivity index (χ4v) is 3.92. The average Bonchev–Trinajstić information content (AvgIpc) is 2.59. The van der Waals surface area contributed by atoms with Crippen LogP contribution in [-0.2, 0) is 10.5 Å². The van der Waals surface area contributed by atoms with E-state index in [1.807, 2.05) is 38.1 Å². The summed E-state index contributed by atoms with van der Waals surface area (Å²) in [7, 11) is 1.62. The third kappa shape index (κ3) is 10.9. The second-order valence-electron chi connectivity index (χ2n) is 8.27. The third-order valence-electron chi connectivity index (χ3n) is 3.95. The number of alkyl carbamates (subject to hydrolysis) is 1. The minimum atomic E-state index is -1.07. The number of hydrogen-bond acceptors (Lipinski definition) is 5. The van der Waals surface area contributed by atoms with Crippen molar-refractivity contribution in [2.45, 2.75) is 63.7 Å². The van der Waals surface area contributed by atoms with Crippen LogP contribution in [0.5, 0.6) is 5.75 Å². The van der Waals surface area contributed by atoms with E-state index in [1.165, 1.54) is 0 Å². The van der Waals surface area contributed by atoms with Crippen LogP contribution < -0.4 is 15.4 Å². The molecule has 29 heavy (non-hydrogen) atoms. The lowest BCUT2D eigenvalue weighted by molar-refractivity contribution is 0.0527. The van der Waals surface area contributed by atoms with Gasteiger partial charge in [-0.3, -0.25) is 0 Å². The number of carbonyl (C=O) groups is 2. The third-order valence-corrected chi connectivity index (χ3v) is 5.38. The first-order valence-corrected chi connectivity index (χ1v) is 10.8. The monoisotopic (exact) mass is 426 g/mol. The number of carboxylic acid groups (broad SMARTS) is 1. The van der Waals surface area contributed by atoms with Crippen LogP contribution in [0.25, 0.3) is 0 Å². The molecule has 2 amide bonds. The lowest BCUT2D eigenvalue weighted by Crippen LogP contribution is -2.47. The Labute approximate surface area is 177 Å². The predicted octanol–water partition coefficient (Wildman–Crippen LogP) is 4.50. The summed E-state index contributed by atoms with van der Waals surface area (Å²) in [6.45, 7) is 9.79. The molecule has 0 aliphatic rings. The van der Waals surface area contributed by atoms with Crippen molar-refractivity contribution < 1.29 is 24.2 Å². The van der Waals surface area contributed by atoms with Crippen molar-refractivity contribution >= 4 is 23.9 Å². The first-order valence-electron chi connectivity index (χ1n) is 9.71. The summed E-state index contributed by atoms with van der Waals surface area (Å²) >= 11 is 1.60. The highest BCUT2D eigenvalue weighted by molar-refractivity contribution is 7.99. The maximum absolute atomic E-state index is 12.1. The molecule has 0 aliphatic carbocycles. The first-order chi connectivity index (χ1) is 13.5. The molecule has 2 atom stereocenters. The SMILES string of the molecule is COc1ccc(CS[C@H](CNC(=O)OC(C)(C)C)[C@@H](CC(C)C)NC(=O)O)cc1. The van der Waals surface area contributed by atoms with Crippen LogP contribution in [0, 0.1) is 5.92 Å². The Kier molecular flexibility index (Phi) is 10.2. The molecule has 0 heterocycles. The fraction of sp³-hybridized carbons (Fsp3) is 0.619. The van der Waals surface area contributed by atoms with Gasteiger partial charge in [0.15, 0.2) is 0 Å². The number of methoxy groups -OCH3 is 1. The van der Waals surface area contributed by atoms with E-state index < -0.39 is 17.8 Å². The lowest BCUT2D eigenvalue weighted by atomic mass is 10.0. The molecule has 164 valence electrons. The smallest absolute Gasteiger partial charge is 0.407 e. The van der Waals surface area contributed by atoms with Crippen LogP contribution in [0.3, 0.4) is 0 Å². The van der Waals surface area contributed by atoms with Gasteiger partial charge >= 0.3 is 12.2 Å². The van der Waals surface area contributed by atoms with Gasteiger partial charge in [0.1, 0.15) is 11.4 Å². The molecule has 1 rings (SSSR count). The van der Waals surface area contributed by atoms with Gasteiger partial charge in [0.2, 0.25) is 0 Å². The van der Waals surface area contributed by atoms with E-state index in [0.29, 0.717) is 24.6 Å². The average molecular weight is 427 g/mol. The number of benzene rings is 1. The van der Waals surface area contributed by atoms with Crippen LogP contribution in [0.4, 0.5) is 9.59 Å². The minimum absolute atomic E-state index is 0.150. The summed E-state index contributed by atoms with van der Waals surface area (Å²) in [5.74, 6) is 1.77. The molecule has 0 saturated heterocycles. The number of carbonyl (C=O) groups excluding carboxylic acids is 1. The first kappa shape index (κ1) is 24.9. The summed E-state index contributed by atoms with van der Waals surface area (Å²) in [4.78, 5) is 23.4. The molecule has 7 nitrogen and oxygen atoms in total. The highest BCUT2D eigenvalue weighted by Crippen LogP contribution is 2.25. The molecule has 0 aromatic heterocycles. The van der Waals surface area contributed by atoms with E-state index in [4.69, 9.17) is 9.47 Å². The van der Waals surface area contributed by atoms with Gasteiger partial charge in [-0.1, -0.05) is 26.0 Å². The summed E-state index contributed by atoms with van der Waals surface area (Å²) in [6.07, 6.45) is -0.906. The number of hydrogen-bond donors (Lipinski definition) is 3. The molecule has 3 N–H and O–H groups in total. The zero-order valence-corrected chi connectivity index (χ0v) is 19.0. The maximum atomic E-state index is 12.1. The van der Waals surface area contributed by atoms with Crippen molar-refractivity contribution in [1.29, 1.82) is 0 Å². The van der Waals surface area contributed by atoms with Crippen LogP contribution in [-0.4, -0.2) is 47.8 Å². The van der Waals surface area contributed by atoms with Crippen molar-refractivity contribution in [2.75, 3.05) is 13.7 Å². The Bertz CT molecular complexity index is 643. The Morgan fingerprint density at radius 3 is 2.28 bits per heavy atom. The van der Waals surface area contributed by atoms with Crippen LogP contribution >= 0.6 is 11.8 Å². The predicted molar refractivity (Wildman–Crippen MR) is 117 cm³/mol. The molecule has 1 aromatic carbocycles. The van der Waals surface area contributed by atoms with Crippen molar-refractivity contribution in [2.24, 2.45) is 5.92 Å². The molecule has 0 spiro atoms. The number of nitrogens with one attached hydrogen (secondary N) is 2. The molecule has 0 aliphatic heterocycles. The van der Waals surface area contributed by atoms with Gasteiger partial charge in [0.05, 0.1) is 7.11 Å². The Hall–Kier alpha value is -2.09. The summed E-state index contributed by atoms with van der Waals surface area (Å²) in [6, 6.07) is 7.44. The van der Waals surface area contributed by atoms with Gasteiger partial charge in [-0.2, -0.15) is 0 Å². The lowest BCUT2D eigenvalue weighted by Gasteiger charge is -2.29. The van der Waals surface area contributed by atoms with Crippen LogP contribution in [0.15, 0.2) is 24.3 Å². The van der Waals surface area contributed by atoms with Crippen molar-refractivity contribution in [3.63, 3.8) is 0 Å². The van der Waals surface area contributed by atoms with E-state index in [9.17, 15) is 14.7 Å². The number of rotatable bonds is 10. The van der Waals surface area contributed by atoms with E-state index in [0.717, 1.165) is 11.3 Å². The van der Waals surface area contributed by atoms with Crippen LogP contribution in [0.1, 0.15) is 46.6 Å². The van der Waals surface area contributed by atoms with E-state index >= 15 is 0 Å². The van der Waals surface area contributed by atoms with Crippen molar-refractivity contribution in [1.82, 2.24) is 10.6 Å². The largest absolute Gasteiger partial charge is 0.497 e. The van der Waals surface area contributed by atoms with Gasteiger partial charge in [0, 0.05) is 23.6 Å². The van der Waals surface area contributed by atoms with Gasteiger partial charge in [-0.05, 0) is 50.8 Å². The number of amides is 2. The molecule has 0 saturated carbocycles. The molecule has 0 bridgehead atoms. The molecule has 0 fully saturated rings.